The lowest BCUT2D eigenvalue weighted by Crippen LogP contribution is -2.41. The van der Waals surface area contributed by atoms with Crippen LogP contribution in [-0.4, -0.2) is 42.1 Å². The van der Waals surface area contributed by atoms with Crippen LogP contribution in [-0.2, 0) is 4.79 Å². The maximum atomic E-state index is 12.0. The molecule has 1 saturated carbocycles. The molecule has 1 aliphatic heterocycles. The Hall–Kier alpha value is -1.85. The average molecular weight is 304 g/mol. The summed E-state index contributed by atoms with van der Waals surface area (Å²) in [6.07, 6.45) is 9.65. The molecule has 1 aliphatic carbocycles. The van der Waals surface area contributed by atoms with Gasteiger partial charge in [0.1, 0.15) is 0 Å². The summed E-state index contributed by atoms with van der Waals surface area (Å²) in [7, 11) is 1.61. The summed E-state index contributed by atoms with van der Waals surface area (Å²) in [6.45, 7) is 1.82. The molecule has 1 aromatic rings. The Kier molecular flexibility index (Phi) is 4.75. The van der Waals surface area contributed by atoms with Crippen LogP contribution >= 0.6 is 0 Å². The molecule has 6 nitrogen and oxygen atoms in total. The van der Waals surface area contributed by atoms with Gasteiger partial charge in [-0.2, -0.15) is 0 Å². The molecule has 3 rings (SSSR count). The van der Waals surface area contributed by atoms with Crippen LogP contribution in [0.5, 0.6) is 5.75 Å². The quantitative estimate of drug-likeness (QED) is 0.898. The summed E-state index contributed by atoms with van der Waals surface area (Å²) >= 11 is 0. The molecule has 0 atom stereocenters. The van der Waals surface area contributed by atoms with Crippen molar-refractivity contribution in [3.8, 4) is 5.75 Å². The van der Waals surface area contributed by atoms with E-state index in [4.69, 9.17) is 4.74 Å². The number of ether oxygens (including phenoxy) is 1. The highest BCUT2D eigenvalue weighted by atomic mass is 16.5. The predicted molar refractivity (Wildman–Crippen MR) is 83.9 cm³/mol. The molecule has 2 fully saturated rings. The molecule has 1 N–H and O–H groups in total. The number of rotatable bonds is 5. The van der Waals surface area contributed by atoms with Crippen molar-refractivity contribution in [3.05, 3.63) is 12.4 Å². The Bertz CT molecular complexity index is 493. The van der Waals surface area contributed by atoms with Gasteiger partial charge in [-0.05, 0) is 38.0 Å². The van der Waals surface area contributed by atoms with Crippen molar-refractivity contribution in [1.82, 2.24) is 15.3 Å². The van der Waals surface area contributed by atoms with Gasteiger partial charge < -0.3 is 15.0 Å². The van der Waals surface area contributed by atoms with Gasteiger partial charge in [0, 0.05) is 25.6 Å². The van der Waals surface area contributed by atoms with E-state index in [0.717, 1.165) is 44.7 Å². The zero-order chi connectivity index (χ0) is 15.4. The van der Waals surface area contributed by atoms with Gasteiger partial charge in [-0.25, -0.2) is 9.97 Å². The minimum absolute atomic E-state index is 0.226. The van der Waals surface area contributed by atoms with Crippen molar-refractivity contribution >= 4 is 11.9 Å². The number of nitrogens with zero attached hydrogens (tertiary/aromatic N) is 3. The number of nitrogens with one attached hydrogen (secondary N) is 1. The normalized spacial score (nSPS) is 19.6. The van der Waals surface area contributed by atoms with Gasteiger partial charge in [0.15, 0.2) is 5.75 Å². The van der Waals surface area contributed by atoms with Crippen LogP contribution in [0.4, 0.5) is 5.95 Å². The van der Waals surface area contributed by atoms with Gasteiger partial charge in [0.2, 0.25) is 11.9 Å². The SMILES string of the molecule is COc1cnc(N2CCC(CC(=O)NC3CCC3)CC2)nc1. The third-order valence-electron chi connectivity index (χ3n) is 4.69. The third-order valence-corrected chi connectivity index (χ3v) is 4.69. The van der Waals surface area contributed by atoms with Crippen LogP contribution in [0.25, 0.3) is 0 Å². The molecular weight excluding hydrogens is 280 g/mol. The molecule has 6 heteroatoms. The molecular formula is C16H24N4O2. The Morgan fingerprint density at radius 1 is 1.27 bits per heavy atom. The molecule has 1 saturated heterocycles. The number of amides is 1. The van der Waals surface area contributed by atoms with Gasteiger partial charge in [0.25, 0.3) is 0 Å². The Morgan fingerprint density at radius 3 is 2.50 bits per heavy atom. The van der Waals surface area contributed by atoms with Crippen LogP contribution in [0.1, 0.15) is 38.5 Å². The van der Waals surface area contributed by atoms with E-state index in [9.17, 15) is 4.79 Å². The number of hydrogen-bond donors (Lipinski definition) is 1. The fraction of sp³-hybridized carbons (Fsp3) is 0.688. The Morgan fingerprint density at radius 2 is 1.95 bits per heavy atom. The van der Waals surface area contributed by atoms with Crippen LogP contribution in [0, 0.1) is 5.92 Å². The van der Waals surface area contributed by atoms with E-state index in [-0.39, 0.29) is 5.91 Å². The number of carbonyl (C=O) groups is 1. The predicted octanol–water partition coefficient (Wildman–Crippen LogP) is 1.76. The zero-order valence-electron chi connectivity index (χ0n) is 13.1. The summed E-state index contributed by atoms with van der Waals surface area (Å²) in [5.74, 6) is 2.13. The fourth-order valence-electron chi connectivity index (χ4n) is 3.02. The molecule has 0 unspecified atom stereocenters. The zero-order valence-corrected chi connectivity index (χ0v) is 13.1. The monoisotopic (exact) mass is 304 g/mol. The summed E-state index contributed by atoms with van der Waals surface area (Å²) in [4.78, 5) is 22.8. The van der Waals surface area contributed by atoms with Crippen LogP contribution in [0.2, 0.25) is 0 Å². The van der Waals surface area contributed by atoms with E-state index < -0.39 is 0 Å². The summed E-state index contributed by atoms with van der Waals surface area (Å²) in [6, 6.07) is 0.445. The largest absolute Gasteiger partial charge is 0.494 e. The highest BCUT2D eigenvalue weighted by molar-refractivity contribution is 5.76. The molecule has 0 radical (unpaired) electrons. The van der Waals surface area contributed by atoms with Crippen molar-refractivity contribution in [2.24, 2.45) is 5.92 Å². The van der Waals surface area contributed by atoms with E-state index >= 15 is 0 Å². The minimum Gasteiger partial charge on any atom is -0.494 e. The van der Waals surface area contributed by atoms with Crippen molar-refractivity contribution in [2.75, 3.05) is 25.1 Å². The number of anilines is 1. The van der Waals surface area contributed by atoms with Gasteiger partial charge in [-0.15, -0.1) is 0 Å². The minimum atomic E-state index is 0.226. The van der Waals surface area contributed by atoms with Gasteiger partial charge in [-0.1, -0.05) is 0 Å². The Labute approximate surface area is 131 Å². The first-order valence-corrected chi connectivity index (χ1v) is 8.15. The molecule has 120 valence electrons. The second-order valence-corrected chi connectivity index (χ2v) is 6.25. The average Bonchev–Trinajstić information content (AvgIpc) is 2.52. The summed E-state index contributed by atoms with van der Waals surface area (Å²) in [5.41, 5.74) is 0. The second kappa shape index (κ2) is 6.94. The topological polar surface area (TPSA) is 67.3 Å². The Balaban J connectivity index is 1.44. The summed E-state index contributed by atoms with van der Waals surface area (Å²) < 4.78 is 5.07. The van der Waals surface area contributed by atoms with Crippen LogP contribution in [0.15, 0.2) is 12.4 Å². The van der Waals surface area contributed by atoms with Crippen molar-refractivity contribution < 1.29 is 9.53 Å². The smallest absolute Gasteiger partial charge is 0.225 e. The molecule has 2 aliphatic rings. The van der Waals surface area contributed by atoms with Crippen LogP contribution < -0.4 is 15.0 Å². The first-order valence-electron chi connectivity index (χ1n) is 8.15. The van der Waals surface area contributed by atoms with Crippen molar-refractivity contribution in [3.63, 3.8) is 0 Å². The second-order valence-electron chi connectivity index (χ2n) is 6.25. The first kappa shape index (κ1) is 15.1. The maximum Gasteiger partial charge on any atom is 0.225 e. The lowest BCUT2D eigenvalue weighted by molar-refractivity contribution is -0.123. The lowest BCUT2D eigenvalue weighted by atomic mass is 9.91. The molecule has 0 bridgehead atoms. The highest BCUT2D eigenvalue weighted by Crippen LogP contribution is 2.24. The number of carbonyl (C=O) groups excluding carboxylic acids is 1. The van der Waals surface area contributed by atoms with E-state index in [1.54, 1.807) is 19.5 Å². The molecule has 2 heterocycles. The lowest BCUT2D eigenvalue weighted by Gasteiger charge is -2.32. The molecule has 0 aromatic carbocycles. The van der Waals surface area contributed by atoms with E-state index in [2.05, 4.69) is 20.2 Å². The van der Waals surface area contributed by atoms with E-state index in [0.29, 0.717) is 24.1 Å². The molecule has 22 heavy (non-hydrogen) atoms. The third kappa shape index (κ3) is 3.67. The highest BCUT2D eigenvalue weighted by Gasteiger charge is 2.25. The van der Waals surface area contributed by atoms with E-state index in [1.165, 1.54) is 6.42 Å². The van der Waals surface area contributed by atoms with Crippen LogP contribution in [0.3, 0.4) is 0 Å². The van der Waals surface area contributed by atoms with E-state index in [1.807, 2.05) is 0 Å². The van der Waals surface area contributed by atoms with Gasteiger partial charge in [0.05, 0.1) is 19.5 Å². The maximum absolute atomic E-state index is 12.0. The van der Waals surface area contributed by atoms with Gasteiger partial charge in [-0.3, -0.25) is 4.79 Å². The number of hydrogen-bond acceptors (Lipinski definition) is 5. The number of piperidine rings is 1. The van der Waals surface area contributed by atoms with Gasteiger partial charge >= 0.3 is 0 Å². The standard InChI is InChI=1S/C16H24N4O2/c1-22-14-10-17-16(18-11-14)20-7-5-12(6-8-20)9-15(21)19-13-3-2-4-13/h10-13H,2-9H2,1H3,(H,19,21). The number of aromatic nitrogens is 2. The van der Waals surface area contributed by atoms with Crippen molar-refractivity contribution in [2.45, 2.75) is 44.6 Å². The molecule has 0 spiro atoms. The molecule has 1 amide bonds. The number of methoxy groups -OCH3 is 1. The van der Waals surface area contributed by atoms with Crippen molar-refractivity contribution in [1.29, 1.82) is 0 Å². The molecule has 1 aromatic heterocycles. The first-order chi connectivity index (χ1) is 10.7. The fourth-order valence-corrected chi connectivity index (χ4v) is 3.02. The summed E-state index contributed by atoms with van der Waals surface area (Å²) in [5, 5.41) is 3.13.